The summed E-state index contributed by atoms with van der Waals surface area (Å²) in [4.78, 5) is 19.7. The second-order valence-electron chi connectivity index (χ2n) is 11.9. The van der Waals surface area contributed by atoms with Gasteiger partial charge in [0, 0.05) is 28.8 Å². The first-order valence-electron chi connectivity index (χ1n) is 15.2. The van der Waals surface area contributed by atoms with Crippen molar-refractivity contribution in [3.63, 3.8) is 0 Å². The Hall–Kier alpha value is -3.66. The molecular weight excluding hydrogens is 585 g/mol. The van der Waals surface area contributed by atoms with Crippen molar-refractivity contribution < 1.29 is 28.1 Å². The predicted octanol–water partition coefficient (Wildman–Crippen LogP) is 6.68. The van der Waals surface area contributed by atoms with Crippen LogP contribution in [0.3, 0.4) is 0 Å². The molecule has 4 aromatic rings. The second kappa shape index (κ2) is 12.0. The summed E-state index contributed by atoms with van der Waals surface area (Å²) in [6, 6.07) is 16.5. The van der Waals surface area contributed by atoms with Crippen LogP contribution in [-0.4, -0.2) is 59.4 Å². The fourth-order valence-electron chi connectivity index (χ4n) is 6.65. The largest absolute Gasteiger partial charge is 0.485 e. The molecule has 0 saturated carbocycles. The normalized spacial score (nSPS) is 23.4. The molecule has 2 saturated heterocycles. The van der Waals surface area contributed by atoms with Gasteiger partial charge in [-0.1, -0.05) is 29.8 Å². The first-order chi connectivity index (χ1) is 21.4. The standard InChI is InChI=1S/C34H35ClFN3O5/c1-20-14-21(25-4-3-5-30-33(25)44-31(19-43-30)26-8-7-23(35)16-27(26)36)10-12-38(20)18-32-37-28-9-6-22(34(40)41-2)15-29(28)39(32)17-24-11-13-42-24/h3-9,15-16,20-21,24,31H,10-14,17-19H2,1-2H3. The molecule has 4 heterocycles. The maximum Gasteiger partial charge on any atom is 0.337 e. The fraction of sp³-hybridized carbons (Fsp3) is 0.412. The van der Waals surface area contributed by atoms with E-state index >= 15 is 0 Å². The second-order valence-corrected chi connectivity index (χ2v) is 12.4. The Morgan fingerprint density at radius 2 is 2.00 bits per heavy atom. The molecule has 0 aliphatic carbocycles. The number of para-hydroxylation sites is 1. The zero-order valence-corrected chi connectivity index (χ0v) is 25.6. The Labute approximate surface area is 260 Å². The maximum atomic E-state index is 14.7. The van der Waals surface area contributed by atoms with Crippen molar-refractivity contribution in [2.75, 3.05) is 26.9 Å². The topological polar surface area (TPSA) is 75.0 Å². The number of esters is 1. The number of likely N-dealkylation sites (tertiary alicyclic amines) is 1. The lowest BCUT2D eigenvalue weighted by atomic mass is 9.85. The van der Waals surface area contributed by atoms with E-state index in [4.69, 9.17) is 35.5 Å². The van der Waals surface area contributed by atoms with Crippen LogP contribution in [0.5, 0.6) is 11.5 Å². The van der Waals surface area contributed by atoms with Gasteiger partial charge in [-0.3, -0.25) is 4.90 Å². The Morgan fingerprint density at radius 1 is 1.14 bits per heavy atom. The highest BCUT2D eigenvalue weighted by Gasteiger charge is 2.34. The van der Waals surface area contributed by atoms with Crippen LogP contribution in [-0.2, 0) is 22.6 Å². The molecule has 3 aliphatic heterocycles. The number of benzene rings is 3. The molecule has 0 radical (unpaired) electrons. The summed E-state index contributed by atoms with van der Waals surface area (Å²) in [5.74, 6) is 1.86. The highest BCUT2D eigenvalue weighted by molar-refractivity contribution is 6.30. The van der Waals surface area contributed by atoms with Gasteiger partial charge < -0.3 is 23.5 Å². The molecule has 0 spiro atoms. The Balaban J connectivity index is 1.10. The van der Waals surface area contributed by atoms with E-state index in [1.54, 1.807) is 18.2 Å². The van der Waals surface area contributed by atoms with Gasteiger partial charge in [-0.2, -0.15) is 0 Å². The number of ether oxygens (including phenoxy) is 4. The summed E-state index contributed by atoms with van der Waals surface area (Å²) in [7, 11) is 1.39. The Morgan fingerprint density at radius 3 is 2.75 bits per heavy atom. The minimum Gasteiger partial charge on any atom is -0.485 e. The zero-order valence-electron chi connectivity index (χ0n) is 24.8. The van der Waals surface area contributed by atoms with E-state index in [2.05, 4.69) is 22.5 Å². The number of hydrogen-bond acceptors (Lipinski definition) is 7. The maximum absolute atomic E-state index is 14.7. The third-order valence-corrected chi connectivity index (χ3v) is 9.43. The number of halogens is 2. The lowest BCUT2D eigenvalue weighted by molar-refractivity contribution is -0.0592. The number of imidazole rings is 1. The predicted molar refractivity (Wildman–Crippen MR) is 164 cm³/mol. The van der Waals surface area contributed by atoms with Crippen molar-refractivity contribution in [2.24, 2.45) is 0 Å². The van der Waals surface area contributed by atoms with Crippen LogP contribution in [0.2, 0.25) is 5.02 Å². The number of methoxy groups -OCH3 is 1. The average Bonchev–Trinajstić information content (AvgIpc) is 3.34. The van der Waals surface area contributed by atoms with Crippen LogP contribution in [0.1, 0.15) is 65.5 Å². The molecular formula is C34H35ClFN3O5. The third kappa shape index (κ3) is 5.53. The van der Waals surface area contributed by atoms with Crippen LogP contribution in [0.15, 0.2) is 54.6 Å². The van der Waals surface area contributed by atoms with Crippen molar-refractivity contribution in [1.29, 1.82) is 0 Å². The summed E-state index contributed by atoms with van der Waals surface area (Å²) >= 11 is 5.98. The van der Waals surface area contributed by atoms with E-state index in [0.717, 1.165) is 54.8 Å². The lowest BCUT2D eigenvalue weighted by Gasteiger charge is -2.39. The van der Waals surface area contributed by atoms with Crippen LogP contribution in [0.4, 0.5) is 4.39 Å². The molecule has 44 heavy (non-hydrogen) atoms. The number of hydrogen-bond donors (Lipinski definition) is 0. The number of carbonyl (C=O) groups excluding carboxylic acids is 1. The van der Waals surface area contributed by atoms with Gasteiger partial charge in [0.05, 0.1) is 42.9 Å². The van der Waals surface area contributed by atoms with Crippen LogP contribution < -0.4 is 9.47 Å². The monoisotopic (exact) mass is 619 g/mol. The van der Waals surface area contributed by atoms with Crippen LogP contribution >= 0.6 is 11.6 Å². The number of nitrogens with zero attached hydrogens (tertiary/aromatic N) is 3. The van der Waals surface area contributed by atoms with Gasteiger partial charge in [0.15, 0.2) is 17.6 Å². The summed E-state index contributed by atoms with van der Waals surface area (Å²) in [6.07, 6.45) is 2.47. The summed E-state index contributed by atoms with van der Waals surface area (Å²) in [5.41, 5.74) is 3.81. The van der Waals surface area contributed by atoms with Crippen molar-refractivity contribution in [1.82, 2.24) is 14.5 Å². The summed E-state index contributed by atoms with van der Waals surface area (Å²) < 4.78 is 40.2. The first-order valence-corrected chi connectivity index (χ1v) is 15.6. The van der Waals surface area contributed by atoms with Crippen molar-refractivity contribution in [2.45, 2.75) is 63.4 Å². The zero-order chi connectivity index (χ0) is 30.4. The van der Waals surface area contributed by atoms with Gasteiger partial charge in [0.1, 0.15) is 18.2 Å². The quantitative estimate of drug-likeness (QED) is 0.214. The van der Waals surface area contributed by atoms with Crippen molar-refractivity contribution in [3.05, 3.63) is 88.0 Å². The Kier molecular flexibility index (Phi) is 7.95. The molecule has 1 aromatic heterocycles. The Bertz CT molecular complexity index is 1710. The summed E-state index contributed by atoms with van der Waals surface area (Å²) in [5, 5.41) is 0.350. The number of piperidine rings is 1. The molecule has 4 unspecified atom stereocenters. The average molecular weight is 620 g/mol. The summed E-state index contributed by atoms with van der Waals surface area (Å²) in [6.45, 7) is 5.53. The third-order valence-electron chi connectivity index (χ3n) is 9.20. The van der Waals surface area contributed by atoms with Gasteiger partial charge in [-0.25, -0.2) is 14.2 Å². The van der Waals surface area contributed by atoms with E-state index in [1.165, 1.54) is 13.2 Å². The smallest absolute Gasteiger partial charge is 0.337 e. The fourth-order valence-corrected chi connectivity index (χ4v) is 6.80. The van der Waals surface area contributed by atoms with E-state index < -0.39 is 11.9 Å². The molecule has 230 valence electrons. The molecule has 0 bridgehead atoms. The van der Waals surface area contributed by atoms with Crippen molar-refractivity contribution >= 4 is 28.6 Å². The first kappa shape index (κ1) is 29.1. The molecule has 8 nitrogen and oxygen atoms in total. The number of carbonyl (C=O) groups is 1. The SMILES string of the molecule is COC(=O)c1ccc2nc(CN3CCC(c4cccc5c4OC(c4ccc(Cl)cc4F)CO5)CC3C)n(CC3CCO3)c2c1. The molecule has 10 heteroatoms. The molecule has 3 aliphatic rings. The number of rotatable bonds is 7. The highest BCUT2D eigenvalue weighted by atomic mass is 35.5. The highest BCUT2D eigenvalue weighted by Crippen LogP contribution is 2.45. The van der Waals surface area contributed by atoms with Gasteiger partial charge in [0.25, 0.3) is 0 Å². The van der Waals surface area contributed by atoms with E-state index in [-0.39, 0.29) is 30.6 Å². The molecule has 7 rings (SSSR count). The van der Waals surface area contributed by atoms with Crippen LogP contribution in [0, 0.1) is 5.82 Å². The van der Waals surface area contributed by atoms with Gasteiger partial charge in [-0.15, -0.1) is 0 Å². The molecule has 3 aromatic carbocycles. The van der Waals surface area contributed by atoms with Crippen LogP contribution in [0.25, 0.3) is 11.0 Å². The molecule has 0 amide bonds. The number of aromatic nitrogens is 2. The molecule has 0 N–H and O–H groups in total. The number of fused-ring (bicyclic) bond motifs is 2. The van der Waals surface area contributed by atoms with Crippen molar-refractivity contribution in [3.8, 4) is 11.5 Å². The minimum atomic E-state index is -0.550. The lowest BCUT2D eigenvalue weighted by Crippen LogP contribution is -2.40. The van der Waals surface area contributed by atoms with Gasteiger partial charge in [-0.05, 0) is 75.0 Å². The molecule has 4 atom stereocenters. The van der Waals surface area contributed by atoms with E-state index in [0.29, 0.717) is 40.7 Å². The molecule has 2 fully saturated rings. The minimum absolute atomic E-state index is 0.146. The van der Waals surface area contributed by atoms with E-state index in [1.807, 2.05) is 24.3 Å². The van der Waals surface area contributed by atoms with Gasteiger partial charge in [0.2, 0.25) is 0 Å². The van der Waals surface area contributed by atoms with E-state index in [9.17, 15) is 9.18 Å². The van der Waals surface area contributed by atoms with Gasteiger partial charge >= 0.3 is 5.97 Å².